The molecule has 1 N–H and O–H groups in total. The van der Waals surface area contributed by atoms with Gasteiger partial charge in [0.25, 0.3) is 0 Å². The van der Waals surface area contributed by atoms with Crippen molar-refractivity contribution in [3.63, 3.8) is 0 Å². The Labute approximate surface area is 95.7 Å². The first kappa shape index (κ1) is 12.5. The maximum absolute atomic E-state index is 4.09. The van der Waals surface area contributed by atoms with Crippen LogP contribution < -0.4 is 5.32 Å². The Hall–Kier alpha value is -0.520. The fourth-order valence-corrected chi connectivity index (χ4v) is 2.22. The summed E-state index contributed by atoms with van der Waals surface area (Å²) in [5.41, 5.74) is 0.100. The van der Waals surface area contributed by atoms with Gasteiger partial charge in [-0.25, -0.2) is 0 Å². The van der Waals surface area contributed by atoms with Crippen LogP contribution in [0.2, 0.25) is 0 Å². The van der Waals surface area contributed by atoms with Gasteiger partial charge in [0, 0.05) is 12.1 Å². The average Bonchev–Trinajstić information content (AvgIpc) is 2.46. The van der Waals surface area contributed by atoms with Crippen molar-refractivity contribution in [1.82, 2.24) is 20.4 Å². The largest absolute Gasteiger partial charge is 0.308 e. The minimum atomic E-state index is 0.100. The second kappa shape index (κ2) is 5.01. The van der Waals surface area contributed by atoms with E-state index in [1.807, 2.05) is 6.92 Å². The van der Waals surface area contributed by atoms with Crippen LogP contribution in [0.3, 0.4) is 0 Å². The van der Waals surface area contributed by atoms with E-state index in [0.717, 1.165) is 23.1 Å². The van der Waals surface area contributed by atoms with Crippen LogP contribution in [0.15, 0.2) is 0 Å². The summed E-state index contributed by atoms with van der Waals surface area (Å²) >= 11 is 1.65. The Kier molecular flexibility index (Phi) is 4.19. The van der Waals surface area contributed by atoms with E-state index >= 15 is 0 Å². The zero-order valence-electron chi connectivity index (χ0n) is 10.2. The van der Waals surface area contributed by atoms with Crippen LogP contribution in [0.25, 0.3) is 0 Å². The Morgan fingerprint density at radius 2 is 2.00 bits per heavy atom. The Morgan fingerprint density at radius 1 is 1.33 bits per heavy atom. The summed E-state index contributed by atoms with van der Waals surface area (Å²) < 4.78 is 0. The molecule has 0 spiro atoms. The lowest BCUT2D eigenvalue weighted by molar-refractivity contribution is 0.267. The van der Waals surface area contributed by atoms with Gasteiger partial charge in [0.15, 0.2) is 0 Å². The number of rotatable bonds is 5. The minimum absolute atomic E-state index is 0.100. The van der Waals surface area contributed by atoms with Crippen molar-refractivity contribution in [2.45, 2.75) is 32.9 Å². The highest BCUT2D eigenvalue weighted by Crippen LogP contribution is 2.10. The first-order valence-corrected chi connectivity index (χ1v) is 5.89. The Balaban J connectivity index is 2.42. The number of nitrogens with zero attached hydrogens (tertiary/aromatic N) is 3. The topological polar surface area (TPSA) is 41.1 Å². The minimum Gasteiger partial charge on any atom is -0.308 e. The van der Waals surface area contributed by atoms with Gasteiger partial charge in [-0.2, -0.15) is 0 Å². The summed E-state index contributed by atoms with van der Waals surface area (Å²) in [4.78, 5) is 2.18. The average molecular weight is 228 g/mol. The molecule has 4 nitrogen and oxygen atoms in total. The SMILES string of the molecule is Cc1nnc(CNC(C)(C)CN(C)C)s1. The zero-order chi connectivity index (χ0) is 11.5. The third-order valence-electron chi connectivity index (χ3n) is 2.00. The lowest BCUT2D eigenvalue weighted by atomic mass is 10.1. The molecule has 15 heavy (non-hydrogen) atoms. The molecule has 0 atom stereocenters. The molecule has 0 fully saturated rings. The molecule has 1 heterocycles. The molecular weight excluding hydrogens is 208 g/mol. The summed E-state index contributed by atoms with van der Waals surface area (Å²) in [5, 5.41) is 13.7. The normalized spacial score (nSPS) is 12.4. The Bertz CT molecular complexity index is 306. The molecule has 0 saturated carbocycles. The quantitative estimate of drug-likeness (QED) is 0.824. The van der Waals surface area contributed by atoms with Crippen molar-refractivity contribution < 1.29 is 0 Å². The molecule has 0 saturated heterocycles. The highest BCUT2D eigenvalue weighted by Gasteiger charge is 2.18. The second-order valence-electron chi connectivity index (χ2n) is 4.69. The van der Waals surface area contributed by atoms with Gasteiger partial charge in [0.05, 0.1) is 6.54 Å². The summed E-state index contributed by atoms with van der Waals surface area (Å²) in [6, 6.07) is 0. The van der Waals surface area contributed by atoms with Gasteiger partial charge >= 0.3 is 0 Å². The van der Waals surface area contributed by atoms with Gasteiger partial charge in [-0.3, -0.25) is 0 Å². The standard InChI is InChI=1S/C10H20N4S/c1-8-12-13-9(15-8)6-11-10(2,3)7-14(4)5/h11H,6-7H2,1-5H3. The van der Waals surface area contributed by atoms with E-state index < -0.39 is 0 Å². The molecule has 0 amide bonds. The van der Waals surface area contributed by atoms with E-state index in [1.165, 1.54) is 0 Å². The number of nitrogens with one attached hydrogen (secondary N) is 1. The van der Waals surface area contributed by atoms with E-state index in [0.29, 0.717) is 0 Å². The van der Waals surface area contributed by atoms with E-state index in [2.05, 4.69) is 48.4 Å². The van der Waals surface area contributed by atoms with Gasteiger partial charge in [0.1, 0.15) is 10.0 Å². The Morgan fingerprint density at radius 3 is 2.47 bits per heavy atom. The van der Waals surface area contributed by atoms with Gasteiger partial charge in [-0.15, -0.1) is 21.5 Å². The van der Waals surface area contributed by atoms with Crippen molar-refractivity contribution in [1.29, 1.82) is 0 Å². The molecule has 86 valence electrons. The number of hydrogen-bond donors (Lipinski definition) is 1. The summed E-state index contributed by atoms with van der Waals surface area (Å²) in [7, 11) is 4.16. The van der Waals surface area contributed by atoms with Gasteiger partial charge in [-0.1, -0.05) is 0 Å². The highest BCUT2D eigenvalue weighted by atomic mass is 32.1. The number of hydrogen-bond acceptors (Lipinski definition) is 5. The van der Waals surface area contributed by atoms with Crippen molar-refractivity contribution >= 4 is 11.3 Å². The molecule has 0 aliphatic rings. The van der Waals surface area contributed by atoms with E-state index in [-0.39, 0.29) is 5.54 Å². The summed E-state index contributed by atoms with van der Waals surface area (Å²) in [6.07, 6.45) is 0. The van der Waals surface area contributed by atoms with Crippen LogP contribution in [0.5, 0.6) is 0 Å². The third kappa shape index (κ3) is 4.68. The van der Waals surface area contributed by atoms with E-state index in [4.69, 9.17) is 0 Å². The predicted molar refractivity (Wildman–Crippen MR) is 64.1 cm³/mol. The predicted octanol–water partition coefficient (Wildman–Crippen LogP) is 1.28. The lowest BCUT2D eigenvalue weighted by Crippen LogP contribution is -2.46. The van der Waals surface area contributed by atoms with Crippen LogP contribution >= 0.6 is 11.3 Å². The monoisotopic (exact) mass is 228 g/mol. The molecule has 0 aromatic carbocycles. The first-order chi connectivity index (χ1) is 6.89. The number of aromatic nitrogens is 2. The maximum atomic E-state index is 4.09. The van der Waals surface area contributed by atoms with Crippen molar-refractivity contribution in [2.24, 2.45) is 0 Å². The molecule has 1 rings (SSSR count). The van der Waals surface area contributed by atoms with Crippen molar-refractivity contribution in [3.8, 4) is 0 Å². The van der Waals surface area contributed by atoms with Crippen LogP contribution in [-0.4, -0.2) is 41.3 Å². The molecule has 0 bridgehead atoms. The van der Waals surface area contributed by atoms with E-state index in [9.17, 15) is 0 Å². The van der Waals surface area contributed by atoms with Crippen LogP contribution in [0, 0.1) is 6.92 Å². The van der Waals surface area contributed by atoms with Crippen molar-refractivity contribution in [2.75, 3.05) is 20.6 Å². The first-order valence-electron chi connectivity index (χ1n) is 5.08. The van der Waals surface area contributed by atoms with Gasteiger partial charge in [-0.05, 0) is 34.9 Å². The van der Waals surface area contributed by atoms with Crippen molar-refractivity contribution in [3.05, 3.63) is 10.0 Å². The molecule has 5 heteroatoms. The van der Waals surface area contributed by atoms with Gasteiger partial charge in [0.2, 0.25) is 0 Å². The fraction of sp³-hybridized carbons (Fsp3) is 0.800. The smallest absolute Gasteiger partial charge is 0.131 e. The fourth-order valence-electron chi connectivity index (χ4n) is 1.57. The molecule has 0 aliphatic carbocycles. The van der Waals surface area contributed by atoms with Crippen LogP contribution in [-0.2, 0) is 6.54 Å². The molecule has 1 aromatic heterocycles. The second-order valence-corrected chi connectivity index (χ2v) is 5.96. The number of likely N-dealkylation sites (N-methyl/N-ethyl adjacent to an activating group) is 1. The van der Waals surface area contributed by atoms with E-state index in [1.54, 1.807) is 11.3 Å². The zero-order valence-corrected chi connectivity index (χ0v) is 11.0. The molecule has 0 radical (unpaired) electrons. The number of aryl methyl sites for hydroxylation is 1. The van der Waals surface area contributed by atoms with Gasteiger partial charge < -0.3 is 10.2 Å². The molecular formula is C10H20N4S. The summed E-state index contributed by atoms with van der Waals surface area (Å²) in [6.45, 7) is 8.17. The molecule has 0 unspecified atom stereocenters. The summed E-state index contributed by atoms with van der Waals surface area (Å²) in [5.74, 6) is 0. The van der Waals surface area contributed by atoms with Crippen LogP contribution in [0.1, 0.15) is 23.9 Å². The molecule has 0 aliphatic heterocycles. The highest BCUT2D eigenvalue weighted by molar-refractivity contribution is 7.11. The lowest BCUT2D eigenvalue weighted by Gasteiger charge is -2.29. The van der Waals surface area contributed by atoms with Crippen LogP contribution in [0.4, 0.5) is 0 Å². The third-order valence-corrected chi connectivity index (χ3v) is 2.84. The maximum Gasteiger partial charge on any atom is 0.131 e. The molecule has 1 aromatic rings.